The molecular weight excluding hydrogens is 310 g/mol. The molecule has 0 fully saturated rings. The molecule has 4 heteroatoms. The van der Waals surface area contributed by atoms with Crippen molar-refractivity contribution in [3.8, 4) is 6.07 Å². The number of para-hydroxylation sites is 2. The first-order chi connectivity index (χ1) is 12.1. The molecule has 0 spiro atoms. The highest BCUT2D eigenvalue weighted by molar-refractivity contribution is 6.07. The van der Waals surface area contributed by atoms with Gasteiger partial charge in [0.2, 0.25) is 0 Å². The van der Waals surface area contributed by atoms with Gasteiger partial charge in [0.15, 0.2) is 0 Å². The van der Waals surface area contributed by atoms with E-state index in [1.165, 1.54) is 6.20 Å². The van der Waals surface area contributed by atoms with Gasteiger partial charge in [-0.25, -0.2) is 0 Å². The van der Waals surface area contributed by atoms with Gasteiger partial charge in [-0.1, -0.05) is 50.2 Å². The van der Waals surface area contributed by atoms with Crippen molar-refractivity contribution >= 4 is 17.3 Å². The number of hydrogen-bond acceptors (Lipinski definition) is 3. The molecule has 4 nitrogen and oxygen atoms in total. The number of nitrogens with zero attached hydrogens (tertiary/aromatic N) is 1. The minimum absolute atomic E-state index is 0.0382. The number of aryl methyl sites for hydroxylation is 3. The number of carbonyl (C=O) groups is 1. The third-order valence-corrected chi connectivity index (χ3v) is 4.12. The van der Waals surface area contributed by atoms with Crippen LogP contribution in [0.1, 0.15) is 30.5 Å². The quantitative estimate of drug-likeness (QED) is 0.601. The average Bonchev–Trinajstić information content (AvgIpc) is 2.63. The summed E-state index contributed by atoms with van der Waals surface area (Å²) in [7, 11) is 0. The summed E-state index contributed by atoms with van der Waals surface area (Å²) in [4.78, 5) is 12.5. The van der Waals surface area contributed by atoms with E-state index in [0.29, 0.717) is 0 Å². The Morgan fingerprint density at radius 2 is 1.72 bits per heavy atom. The predicted octanol–water partition coefficient (Wildman–Crippen LogP) is 4.58. The second-order valence-corrected chi connectivity index (χ2v) is 5.74. The molecule has 0 heterocycles. The standard InChI is InChI=1S/C21H23N3O/c1-4-16-10-8-11-17(5-2)20(16)24-21(25)18(13-22)14-23-19-12-7-6-9-15(19)3/h6-12,14,23H,4-5H2,1-3H3,(H,24,25)/b18-14-. The van der Waals surface area contributed by atoms with Crippen LogP contribution in [0.3, 0.4) is 0 Å². The fourth-order valence-electron chi connectivity index (χ4n) is 2.62. The fourth-order valence-corrected chi connectivity index (χ4v) is 2.62. The van der Waals surface area contributed by atoms with Crippen LogP contribution >= 0.6 is 0 Å². The van der Waals surface area contributed by atoms with E-state index in [9.17, 15) is 10.1 Å². The third-order valence-electron chi connectivity index (χ3n) is 4.12. The van der Waals surface area contributed by atoms with Crippen LogP contribution in [-0.4, -0.2) is 5.91 Å². The minimum atomic E-state index is -0.404. The molecule has 0 atom stereocenters. The van der Waals surface area contributed by atoms with E-state index in [0.717, 1.165) is 40.9 Å². The van der Waals surface area contributed by atoms with Gasteiger partial charge in [0.1, 0.15) is 11.6 Å². The van der Waals surface area contributed by atoms with E-state index in [1.54, 1.807) is 0 Å². The Morgan fingerprint density at radius 3 is 2.28 bits per heavy atom. The molecule has 0 aromatic heterocycles. The SMILES string of the molecule is CCc1cccc(CC)c1NC(=O)/C(C#N)=C\Nc1ccccc1C. The monoisotopic (exact) mass is 333 g/mol. The molecule has 128 valence electrons. The van der Waals surface area contributed by atoms with Gasteiger partial charge in [-0.3, -0.25) is 4.79 Å². The second kappa shape index (κ2) is 8.70. The maximum atomic E-state index is 12.5. The number of amides is 1. The van der Waals surface area contributed by atoms with Gasteiger partial charge >= 0.3 is 0 Å². The van der Waals surface area contributed by atoms with Crippen LogP contribution in [-0.2, 0) is 17.6 Å². The molecule has 0 saturated carbocycles. The Hall–Kier alpha value is -3.06. The maximum Gasteiger partial charge on any atom is 0.267 e. The molecule has 1 amide bonds. The van der Waals surface area contributed by atoms with E-state index < -0.39 is 5.91 Å². The average molecular weight is 333 g/mol. The summed E-state index contributed by atoms with van der Waals surface area (Å²) in [5.41, 5.74) is 4.90. The Labute approximate surface area is 149 Å². The number of nitrogens with one attached hydrogen (secondary N) is 2. The number of hydrogen-bond donors (Lipinski definition) is 2. The number of carbonyl (C=O) groups excluding carboxylic acids is 1. The molecule has 0 radical (unpaired) electrons. The third kappa shape index (κ3) is 4.48. The van der Waals surface area contributed by atoms with Crippen molar-refractivity contribution in [2.75, 3.05) is 10.6 Å². The first kappa shape index (κ1) is 18.3. The van der Waals surface area contributed by atoms with Gasteiger partial charge in [-0.05, 0) is 42.5 Å². The molecule has 25 heavy (non-hydrogen) atoms. The number of anilines is 2. The zero-order valence-electron chi connectivity index (χ0n) is 14.9. The predicted molar refractivity (Wildman–Crippen MR) is 102 cm³/mol. The summed E-state index contributed by atoms with van der Waals surface area (Å²) in [5.74, 6) is -0.404. The summed E-state index contributed by atoms with van der Waals surface area (Å²) in [6.07, 6.45) is 3.09. The van der Waals surface area contributed by atoms with Crippen molar-refractivity contribution in [2.24, 2.45) is 0 Å². The number of nitriles is 1. The molecule has 0 aliphatic heterocycles. The van der Waals surface area contributed by atoms with E-state index in [2.05, 4.69) is 10.6 Å². The topological polar surface area (TPSA) is 64.9 Å². The van der Waals surface area contributed by atoms with E-state index in [1.807, 2.05) is 69.3 Å². The zero-order valence-corrected chi connectivity index (χ0v) is 14.9. The Bertz CT molecular complexity index is 809. The smallest absolute Gasteiger partial charge is 0.267 e. The molecule has 2 rings (SSSR count). The molecule has 0 aliphatic carbocycles. The lowest BCUT2D eigenvalue weighted by atomic mass is 10.0. The van der Waals surface area contributed by atoms with Crippen LogP contribution in [0.15, 0.2) is 54.2 Å². The van der Waals surface area contributed by atoms with E-state index >= 15 is 0 Å². The largest absolute Gasteiger partial charge is 0.360 e. The molecule has 0 saturated heterocycles. The van der Waals surface area contributed by atoms with Crippen LogP contribution in [0.2, 0.25) is 0 Å². The fraction of sp³-hybridized carbons (Fsp3) is 0.238. The van der Waals surface area contributed by atoms with Crippen molar-refractivity contribution in [3.63, 3.8) is 0 Å². The summed E-state index contributed by atoms with van der Waals surface area (Å²) in [5, 5.41) is 15.3. The number of benzene rings is 2. The van der Waals surface area contributed by atoms with Crippen LogP contribution < -0.4 is 10.6 Å². The minimum Gasteiger partial charge on any atom is -0.360 e. The van der Waals surface area contributed by atoms with Gasteiger partial charge in [0.05, 0.1) is 0 Å². The summed E-state index contributed by atoms with van der Waals surface area (Å²) in [6.45, 7) is 6.06. The lowest BCUT2D eigenvalue weighted by molar-refractivity contribution is -0.112. The van der Waals surface area contributed by atoms with Crippen LogP contribution in [0, 0.1) is 18.3 Å². The Morgan fingerprint density at radius 1 is 1.08 bits per heavy atom. The summed E-state index contributed by atoms with van der Waals surface area (Å²) < 4.78 is 0. The molecule has 0 aliphatic rings. The van der Waals surface area contributed by atoms with Gasteiger partial charge in [0.25, 0.3) is 5.91 Å². The van der Waals surface area contributed by atoms with E-state index in [-0.39, 0.29) is 5.57 Å². The summed E-state index contributed by atoms with van der Waals surface area (Å²) >= 11 is 0. The molecular formula is C21H23N3O. The molecule has 2 N–H and O–H groups in total. The maximum absolute atomic E-state index is 12.5. The highest BCUT2D eigenvalue weighted by Crippen LogP contribution is 2.23. The molecule has 2 aromatic rings. The van der Waals surface area contributed by atoms with E-state index in [4.69, 9.17) is 0 Å². The molecule has 0 bridgehead atoms. The second-order valence-electron chi connectivity index (χ2n) is 5.74. The molecule has 0 unspecified atom stereocenters. The molecule has 2 aromatic carbocycles. The van der Waals surface area contributed by atoms with Gasteiger partial charge in [-0.15, -0.1) is 0 Å². The highest BCUT2D eigenvalue weighted by Gasteiger charge is 2.14. The summed E-state index contributed by atoms with van der Waals surface area (Å²) in [6, 6.07) is 15.7. The Kier molecular flexibility index (Phi) is 6.36. The van der Waals surface area contributed by atoms with Crippen LogP contribution in [0.25, 0.3) is 0 Å². The zero-order chi connectivity index (χ0) is 18.2. The highest BCUT2D eigenvalue weighted by atomic mass is 16.1. The lowest BCUT2D eigenvalue weighted by Gasteiger charge is -2.14. The van der Waals surface area contributed by atoms with Gasteiger partial charge in [0, 0.05) is 17.6 Å². The lowest BCUT2D eigenvalue weighted by Crippen LogP contribution is -2.17. The van der Waals surface area contributed by atoms with Gasteiger partial charge in [-0.2, -0.15) is 5.26 Å². The van der Waals surface area contributed by atoms with Crippen LogP contribution in [0.5, 0.6) is 0 Å². The number of rotatable bonds is 6. The first-order valence-electron chi connectivity index (χ1n) is 8.45. The first-order valence-corrected chi connectivity index (χ1v) is 8.45. The van der Waals surface area contributed by atoms with Crippen LogP contribution in [0.4, 0.5) is 11.4 Å². The van der Waals surface area contributed by atoms with Crippen molar-refractivity contribution in [2.45, 2.75) is 33.6 Å². The van der Waals surface area contributed by atoms with Crippen molar-refractivity contribution in [1.82, 2.24) is 0 Å². The normalized spacial score (nSPS) is 10.9. The Balaban J connectivity index is 2.23. The van der Waals surface area contributed by atoms with Gasteiger partial charge < -0.3 is 10.6 Å². The van der Waals surface area contributed by atoms with Crippen molar-refractivity contribution < 1.29 is 4.79 Å². The van der Waals surface area contributed by atoms with Crippen molar-refractivity contribution in [3.05, 3.63) is 70.9 Å². The van der Waals surface area contributed by atoms with Crippen molar-refractivity contribution in [1.29, 1.82) is 5.26 Å².